The largest absolute Gasteiger partial charge is 0.460 e. The van der Waals surface area contributed by atoms with Gasteiger partial charge in [-0.1, -0.05) is 24.8 Å². The van der Waals surface area contributed by atoms with Crippen molar-refractivity contribution in [3.05, 3.63) is 48.1 Å². The van der Waals surface area contributed by atoms with Crippen LogP contribution in [0, 0.1) is 11.6 Å². The molecule has 0 saturated carbocycles. The van der Waals surface area contributed by atoms with Crippen LogP contribution in [-0.2, 0) is 30.4 Å². The molecule has 1 aromatic carbocycles. The van der Waals surface area contributed by atoms with Crippen molar-refractivity contribution < 1.29 is 32.6 Å². The number of nitrogens with zero attached hydrogens (tertiary/aromatic N) is 1. The van der Waals surface area contributed by atoms with Crippen LogP contribution in [0.3, 0.4) is 0 Å². The Morgan fingerprint density at radius 3 is 2.80 bits per heavy atom. The third-order valence-corrected chi connectivity index (χ3v) is 5.00. The summed E-state index contributed by atoms with van der Waals surface area (Å²) in [5.41, 5.74) is 0.0366. The molecule has 0 aliphatic carbocycles. The lowest BCUT2D eigenvalue weighted by Gasteiger charge is -2.27. The zero-order valence-electron chi connectivity index (χ0n) is 17.0. The fourth-order valence-electron chi connectivity index (χ4n) is 3.26. The quantitative estimate of drug-likeness (QED) is 0.459. The lowest BCUT2D eigenvalue weighted by Crippen LogP contribution is -2.50. The van der Waals surface area contributed by atoms with Gasteiger partial charge in [0.05, 0.1) is 6.10 Å². The molecule has 7 nitrogen and oxygen atoms in total. The number of nitrogens with one attached hydrogen (secondary N) is 1. The topological polar surface area (TPSA) is 84.9 Å². The van der Waals surface area contributed by atoms with Gasteiger partial charge in [-0.25, -0.2) is 13.6 Å². The molecular weight excluding hydrogens is 398 g/mol. The number of methoxy groups -OCH3 is 1. The Labute approximate surface area is 174 Å². The number of amides is 2. The number of rotatable bonds is 10. The van der Waals surface area contributed by atoms with E-state index in [1.165, 1.54) is 30.2 Å². The normalized spacial score (nSPS) is 18.1. The van der Waals surface area contributed by atoms with E-state index in [9.17, 15) is 23.2 Å². The van der Waals surface area contributed by atoms with Gasteiger partial charge in [-0.2, -0.15) is 0 Å². The molecule has 164 valence electrons. The first-order chi connectivity index (χ1) is 14.3. The summed E-state index contributed by atoms with van der Waals surface area (Å²) in [7, 11) is 1.40. The van der Waals surface area contributed by atoms with Crippen LogP contribution >= 0.6 is 0 Å². The highest BCUT2D eigenvalue weighted by Crippen LogP contribution is 2.25. The standard InChI is InChI=1S/C21H26F2N2O5/c1-4-10-30-21(28)20(13(2)29-3)24-17(26)11-15-8-9-18(27)25(15)12-14-6-5-7-16(22)19(14)23/h4-7,13,15,20H,1,8-12H2,2-3H3,(H,24,26)/t13-,15+,20+/m1/s1. The molecule has 1 aliphatic heterocycles. The van der Waals surface area contributed by atoms with Gasteiger partial charge in [0.1, 0.15) is 6.61 Å². The molecular formula is C21H26F2N2O5. The van der Waals surface area contributed by atoms with Crippen molar-refractivity contribution in [2.75, 3.05) is 13.7 Å². The number of likely N-dealkylation sites (tertiary alicyclic amines) is 1. The van der Waals surface area contributed by atoms with Gasteiger partial charge in [0, 0.05) is 38.1 Å². The number of hydrogen-bond donors (Lipinski definition) is 1. The van der Waals surface area contributed by atoms with E-state index in [4.69, 9.17) is 9.47 Å². The van der Waals surface area contributed by atoms with Gasteiger partial charge >= 0.3 is 5.97 Å². The van der Waals surface area contributed by atoms with E-state index in [2.05, 4.69) is 11.9 Å². The lowest BCUT2D eigenvalue weighted by atomic mass is 10.1. The highest BCUT2D eigenvalue weighted by atomic mass is 19.2. The summed E-state index contributed by atoms with van der Waals surface area (Å²) in [6.07, 6.45) is 1.27. The second-order valence-electron chi connectivity index (χ2n) is 7.04. The number of benzene rings is 1. The molecule has 0 radical (unpaired) electrons. The van der Waals surface area contributed by atoms with E-state index in [1.54, 1.807) is 6.92 Å². The summed E-state index contributed by atoms with van der Waals surface area (Å²) >= 11 is 0. The van der Waals surface area contributed by atoms with Crippen LogP contribution in [-0.4, -0.2) is 54.6 Å². The van der Waals surface area contributed by atoms with Crippen molar-refractivity contribution in [3.63, 3.8) is 0 Å². The van der Waals surface area contributed by atoms with Crippen molar-refractivity contribution in [3.8, 4) is 0 Å². The molecule has 2 amide bonds. The molecule has 1 fully saturated rings. The molecule has 2 rings (SSSR count). The minimum absolute atomic E-state index is 0.00819. The second kappa shape index (κ2) is 10.8. The van der Waals surface area contributed by atoms with Crippen LogP contribution in [0.5, 0.6) is 0 Å². The molecule has 3 atom stereocenters. The van der Waals surface area contributed by atoms with Gasteiger partial charge in [-0.15, -0.1) is 0 Å². The van der Waals surface area contributed by atoms with Crippen LogP contribution in [0.1, 0.15) is 31.7 Å². The minimum atomic E-state index is -1.03. The third-order valence-electron chi connectivity index (χ3n) is 5.00. The summed E-state index contributed by atoms with van der Waals surface area (Å²) in [6, 6.07) is 2.23. The maximum absolute atomic E-state index is 14.0. The smallest absolute Gasteiger partial charge is 0.331 e. The summed E-state index contributed by atoms with van der Waals surface area (Å²) < 4.78 is 37.6. The molecule has 1 N–H and O–H groups in total. The Morgan fingerprint density at radius 2 is 2.13 bits per heavy atom. The maximum atomic E-state index is 14.0. The number of carbonyl (C=O) groups excluding carboxylic acids is 3. The van der Waals surface area contributed by atoms with Crippen LogP contribution in [0.2, 0.25) is 0 Å². The molecule has 0 aromatic heterocycles. The Hall–Kier alpha value is -2.81. The molecule has 0 spiro atoms. The Morgan fingerprint density at radius 1 is 1.40 bits per heavy atom. The SMILES string of the molecule is C=CCOC(=O)[C@@H](NC(=O)C[C@@H]1CCC(=O)N1Cc1cccc(F)c1F)[C@@H](C)OC. The summed E-state index contributed by atoms with van der Waals surface area (Å²) in [5.74, 6) is -3.41. The third kappa shape index (κ3) is 5.85. The number of hydrogen-bond acceptors (Lipinski definition) is 5. The number of halogens is 2. The predicted octanol–water partition coefficient (Wildman–Crippen LogP) is 2.09. The second-order valence-corrected chi connectivity index (χ2v) is 7.04. The average Bonchev–Trinajstić information content (AvgIpc) is 3.06. The van der Waals surface area contributed by atoms with Gasteiger partial charge < -0.3 is 19.7 Å². The zero-order chi connectivity index (χ0) is 22.3. The lowest BCUT2D eigenvalue weighted by molar-refractivity contribution is -0.150. The van der Waals surface area contributed by atoms with Crippen molar-refractivity contribution in [2.45, 2.75) is 50.9 Å². The molecule has 1 saturated heterocycles. The minimum Gasteiger partial charge on any atom is -0.460 e. The van der Waals surface area contributed by atoms with Crippen LogP contribution in [0.15, 0.2) is 30.9 Å². The van der Waals surface area contributed by atoms with E-state index in [0.717, 1.165) is 6.07 Å². The van der Waals surface area contributed by atoms with Crippen molar-refractivity contribution in [2.24, 2.45) is 0 Å². The molecule has 9 heteroatoms. The van der Waals surface area contributed by atoms with Crippen LogP contribution in [0.4, 0.5) is 8.78 Å². The number of ether oxygens (including phenoxy) is 2. The van der Waals surface area contributed by atoms with Crippen LogP contribution in [0.25, 0.3) is 0 Å². The molecule has 1 aromatic rings. The average molecular weight is 424 g/mol. The van der Waals surface area contributed by atoms with Gasteiger partial charge in [-0.05, 0) is 19.4 Å². The highest BCUT2D eigenvalue weighted by Gasteiger charge is 2.35. The first-order valence-electron chi connectivity index (χ1n) is 9.60. The predicted molar refractivity (Wildman–Crippen MR) is 104 cm³/mol. The van der Waals surface area contributed by atoms with Crippen LogP contribution < -0.4 is 5.32 Å². The molecule has 1 aliphatic rings. The molecule has 0 unspecified atom stereocenters. The van der Waals surface area contributed by atoms with E-state index in [-0.39, 0.29) is 37.5 Å². The fourth-order valence-corrected chi connectivity index (χ4v) is 3.26. The van der Waals surface area contributed by atoms with Crippen molar-refractivity contribution >= 4 is 17.8 Å². The molecule has 30 heavy (non-hydrogen) atoms. The van der Waals surface area contributed by atoms with Gasteiger partial charge in [-0.3, -0.25) is 9.59 Å². The summed E-state index contributed by atoms with van der Waals surface area (Å²) in [4.78, 5) is 38.4. The zero-order valence-corrected chi connectivity index (χ0v) is 17.0. The first kappa shape index (κ1) is 23.5. The van der Waals surface area contributed by atoms with E-state index in [1.807, 2.05) is 0 Å². The molecule has 1 heterocycles. The Kier molecular flexibility index (Phi) is 8.46. The first-order valence-corrected chi connectivity index (χ1v) is 9.60. The van der Waals surface area contributed by atoms with Crippen molar-refractivity contribution in [1.29, 1.82) is 0 Å². The van der Waals surface area contributed by atoms with E-state index < -0.39 is 41.7 Å². The fraction of sp³-hybridized carbons (Fsp3) is 0.476. The Balaban J connectivity index is 2.05. The van der Waals surface area contributed by atoms with Gasteiger partial charge in [0.2, 0.25) is 11.8 Å². The maximum Gasteiger partial charge on any atom is 0.331 e. The van der Waals surface area contributed by atoms with Gasteiger partial charge in [0.25, 0.3) is 0 Å². The number of carbonyl (C=O) groups is 3. The molecule has 0 bridgehead atoms. The summed E-state index contributed by atoms with van der Waals surface area (Å²) in [6.45, 7) is 4.93. The highest BCUT2D eigenvalue weighted by molar-refractivity contribution is 5.86. The van der Waals surface area contributed by atoms with Crippen molar-refractivity contribution in [1.82, 2.24) is 10.2 Å². The number of esters is 1. The van der Waals surface area contributed by atoms with E-state index in [0.29, 0.717) is 6.42 Å². The van der Waals surface area contributed by atoms with E-state index >= 15 is 0 Å². The van der Waals surface area contributed by atoms with Gasteiger partial charge in [0.15, 0.2) is 17.7 Å². The monoisotopic (exact) mass is 424 g/mol. The summed E-state index contributed by atoms with van der Waals surface area (Å²) in [5, 5.41) is 2.58. The Bertz CT molecular complexity index is 802.